The molecule has 3 N–H and O–H groups in total. The third kappa shape index (κ3) is 6.05. The van der Waals surface area contributed by atoms with Crippen LogP contribution >= 0.6 is 0 Å². The van der Waals surface area contributed by atoms with E-state index in [1.165, 1.54) is 6.26 Å². The van der Waals surface area contributed by atoms with Gasteiger partial charge in [-0.1, -0.05) is 30.3 Å². The van der Waals surface area contributed by atoms with Crippen LogP contribution in [0.4, 0.5) is 0 Å². The smallest absolute Gasteiger partial charge is 0.189 e. The summed E-state index contributed by atoms with van der Waals surface area (Å²) in [4.78, 5) is 4.16. The molecule has 0 aliphatic rings. The van der Waals surface area contributed by atoms with Crippen LogP contribution in [0.3, 0.4) is 0 Å². The van der Waals surface area contributed by atoms with Gasteiger partial charge in [-0.2, -0.15) is 0 Å². The molecule has 1 aromatic rings. The van der Waals surface area contributed by atoms with Gasteiger partial charge in [0.15, 0.2) is 15.8 Å². The molecule has 1 aromatic carbocycles. The molecule has 104 valence electrons. The molecule has 0 fully saturated rings. The highest BCUT2D eigenvalue weighted by Gasteiger charge is 2.08. The van der Waals surface area contributed by atoms with Crippen molar-refractivity contribution in [1.29, 1.82) is 0 Å². The minimum absolute atomic E-state index is 0.0126. The number of rotatable bonds is 6. The van der Waals surface area contributed by atoms with Gasteiger partial charge in [0, 0.05) is 12.8 Å². The van der Waals surface area contributed by atoms with Crippen LogP contribution in [0.5, 0.6) is 0 Å². The molecular formula is C13H19N3O2S. The van der Waals surface area contributed by atoms with E-state index in [0.717, 1.165) is 11.1 Å². The van der Waals surface area contributed by atoms with E-state index in [-0.39, 0.29) is 5.75 Å². The molecule has 0 unspecified atom stereocenters. The first-order chi connectivity index (χ1) is 8.92. The van der Waals surface area contributed by atoms with Crippen molar-refractivity contribution < 1.29 is 8.42 Å². The van der Waals surface area contributed by atoms with E-state index in [0.29, 0.717) is 19.0 Å². The monoisotopic (exact) mass is 281 g/mol. The Labute approximate surface area is 114 Å². The fourth-order valence-electron chi connectivity index (χ4n) is 1.54. The van der Waals surface area contributed by atoms with Gasteiger partial charge in [0.2, 0.25) is 0 Å². The van der Waals surface area contributed by atoms with Gasteiger partial charge in [0.1, 0.15) is 0 Å². The van der Waals surface area contributed by atoms with Crippen LogP contribution in [0.25, 0.3) is 0 Å². The Morgan fingerprint density at radius 2 is 2.05 bits per heavy atom. The topological polar surface area (TPSA) is 84.5 Å². The quantitative estimate of drug-likeness (QED) is 0.459. The summed E-state index contributed by atoms with van der Waals surface area (Å²) in [6, 6.07) is 7.31. The number of hydrogen-bond acceptors (Lipinski definition) is 3. The van der Waals surface area contributed by atoms with Gasteiger partial charge in [-0.25, -0.2) is 13.4 Å². The van der Waals surface area contributed by atoms with Crippen molar-refractivity contribution in [2.24, 2.45) is 10.7 Å². The van der Waals surface area contributed by atoms with Crippen LogP contribution in [0.15, 0.2) is 41.9 Å². The average Bonchev–Trinajstić information content (AvgIpc) is 2.33. The summed E-state index contributed by atoms with van der Waals surface area (Å²) in [6.45, 7) is 4.46. The average molecular weight is 281 g/mol. The van der Waals surface area contributed by atoms with Gasteiger partial charge < -0.3 is 11.1 Å². The Balaban J connectivity index is 2.81. The molecule has 5 nitrogen and oxygen atoms in total. The molecule has 0 spiro atoms. The highest BCUT2D eigenvalue weighted by atomic mass is 32.2. The SMILES string of the molecule is C=CCNC(N)=NCc1ccccc1CS(C)(=O)=O. The Kier molecular flexibility index (Phi) is 5.57. The molecule has 0 radical (unpaired) electrons. The lowest BCUT2D eigenvalue weighted by Crippen LogP contribution is -2.31. The zero-order chi connectivity index (χ0) is 14.3. The molecular weight excluding hydrogens is 262 g/mol. The first kappa shape index (κ1) is 15.2. The highest BCUT2D eigenvalue weighted by molar-refractivity contribution is 7.89. The summed E-state index contributed by atoms with van der Waals surface area (Å²) >= 11 is 0. The summed E-state index contributed by atoms with van der Waals surface area (Å²) in [6.07, 6.45) is 2.90. The molecule has 6 heteroatoms. The number of benzene rings is 1. The van der Waals surface area contributed by atoms with Gasteiger partial charge >= 0.3 is 0 Å². The van der Waals surface area contributed by atoms with Crippen molar-refractivity contribution in [3.8, 4) is 0 Å². The van der Waals surface area contributed by atoms with E-state index in [1.807, 2.05) is 18.2 Å². The third-order valence-corrected chi connectivity index (χ3v) is 3.22. The molecule has 0 aliphatic carbocycles. The Morgan fingerprint density at radius 1 is 1.42 bits per heavy atom. The van der Waals surface area contributed by atoms with Crippen LogP contribution in [-0.4, -0.2) is 27.2 Å². The van der Waals surface area contributed by atoms with E-state index >= 15 is 0 Å². The maximum absolute atomic E-state index is 11.3. The number of nitrogens with two attached hydrogens (primary N) is 1. The molecule has 0 saturated carbocycles. The van der Waals surface area contributed by atoms with Crippen LogP contribution in [0.1, 0.15) is 11.1 Å². The van der Waals surface area contributed by atoms with Crippen LogP contribution in [0, 0.1) is 0 Å². The van der Waals surface area contributed by atoms with Crippen molar-refractivity contribution in [3.05, 3.63) is 48.0 Å². The molecule has 1 rings (SSSR count). The molecule has 0 bridgehead atoms. The van der Waals surface area contributed by atoms with Gasteiger partial charge in [0.25, 0.3) is 0 Å². The normalized spacial score (nSPS) is 12.2. The molecule has 0 atom stereocenters. The zero-order valence-corrected chi connectivity index (χ0v) is 11.8. The second-order valence-corrected chi connectivity index (χ2v) is 6.35. The summed E-state index contributed by atoms with van der Waals surface area (Å²) in [5.74, 6) is 0.327. The first-order valence-corrected chi connectivity index (χ1v) is 7.87. The number of sulfone groups is 1. The molecule has 0 aromatic heterocycles. The summed E-state index contributed by atoms with van der Waals surface area (Å²) in [5.41, 5.74) is 7.27. The summed E-state index contributed by atoms with van der Waals surface area (Å²) in [5, 5.41) is 2.86. The Morgan fingerprint density at radius 3 is 2.63 bits per heavy atom. The molecule has 0 saturated heterocycles. The zero-order valence-electron chi connectivity index (χ0n) is 11.0. The summed E-state index contributed by atoms with van der Waals surface area (Å²) in [7, 11) is -3.06. The standard InChI is InChI=1S/C13H19N3O2S/c1-3-8-15-13(14)16-9-11-6-4-5-7-12(11)10-19(2,17)18/h3-7H,1,8-10H2,2H3,(H3,14,15,16). The Hall–Kier alpha value is -1.82. The van der Waals surface area contributed by atoms with Gasteiger partial charge in [-0.05, 0) is 11.1 Å². The van der Waals surface area contributed by atoms with Gasteiger partial charge in [-0.3, -0.25) is 0 Å². The lowest BCUT2D eigenvalue weighted by Gasteiger charge is -2.07. The van der Waals surface area contributed by atoms with E-state index in [4.69, 9.17) is 5.73 Å². The first-order valence-electron chi connectivity index (χ1n) is 5.81. The minimum Gasteiger partial charge on any atom is -0.370 e. The number of guanidine groups is 1. The Bertz CT molecular complexity index is 565. The van der Waals surface area contributed by atoms with E-state index in [1.54, 1.807) is 12.1 Å². The number of aliphatic imine (C=N–C) groups is 1. The number of hydrogen-bond donors (Lipinski definition) is 2. The lowest BCUT2D eigenvalue weighted by atomic mass is 10.1. The van der Waals surface area contributed by atoms with Crippen molar-refractivity contribution >= 4 is 15.8 Å². The van der Waals surface area contributed by atoms with Crippen molar-refractivity contribution in [2.45, 2.75) is 12.3 Å². The maximum atomic E-state index is 11.3. The fourth-order valence-corrected chi connectivity index (χ4v) is 2.38. The van der Waals surface area contributed by atoms with Crippen LogP contribution in [0.2, 0.25) is 0 Å². The predicted octanol–water partition coefficient (Wildman–Crippen LogP) is 0.821. The largest absolute Gasteiger partial charge is 0.370 e. The molecule has 0 aliphatic heterocycles. The highest BCUT2D eigenvalue weighted by Crippen LogP contribution is 2.13. The van der Waals surface area contributed by atoms with E-state index in [9.17, 15) is 8.42 Å². The predicted molar refractivity (Wildman–Crippen MR) is 78.5 cm³/mol. The minimum atomic E-state index is -3.06. The number of nitrogens with one attached hydrogen (secondary N) is 1. The van der Waals surface area contributed by atoms with Gasteiger partial charge in [-0.15, -0.1) is 6.58 Å². The second-order valence-electron chi connectivity index (χ2n) is 4.21. The van der Waals surface area contributed by atoms with Crippen molar-refractivity contribution in [2.75, 3.05) is 12.8 Å². The van der Waals surface area contributed by atoms with Crippen LogP contribution in [-0.2, 0) is 22.1 Å². The van der Waals surface area contributed by atoms with Gasteiger partial charge in [0.05, 0.1) is 12.3 Å². The molecule has 0 heterocycles. The van der Waals surface area contributed by atoms with Crippen molar-refractivity contribution in [3.63, 3.8) is 0 Å². The maximum Gasteiger partial charge on any atom is 0.189 e. The summed E-state index contributed by atoms with van der Waals surface area (Å²) < 4.78 is 22.7. The van der Waals surface area contributed by atoms with E-state index < -0.39 is 9.84 Å². The third-order valence-electron chi connectivity index (χ3n) is 2.38. The fraction of sp³-hybridized carbons (Fsp3) is 0.308. The lowest BCUT2D eigenvalue weighted by molar-refractivity contribution is 0.601. The molecule has 19 heavy (non-hydrogen) atoms. The second kappa shape index (κ2) is 6.94. The van der Waals surface area contributed by atoms with E-state index in [2.05, 4.69) is 16.9 Å². The van der Waals surface area contributed by atoms with Crippen LogP contribution < -0.4 is 11.1 Å². The van der Waals surface area contributed by atoms with Crippen molar-refractivity contribution in [1.82, 2.24) is 5.32 Å². The number of nitrogens with zero attached hydrogens (tertiary/aromatic N) is 1. The molecule has 0 amide bonds.